The molecule has 1 aliphatic heterocycles. The molecule has 0 atom stereocenters. The lowest BCUT2D eigenvalue weighted by Crippen LogP contribution is -2.36. The maximum atomic E-state index is 11.6. The van der Waals surface area contributed by atoms with Crippen LogP contribution in [0.4, 0.5) is 5.82 Å². The van der Waals surface area contributed by atoms with Crippen LogP contribution in [0.1, 0.15) is 31.9 Å². The van der Waals surface area contributed by atoms with Gasteiger partial charge in [0.25, 0.3) is 0 Å². The minimum absolute atomic E-state index is 0.258. The minimum Gasteiger partial charge on any atom is -0.355 e. The van der Waals surface area contributed by atoms with Gasteiger partial charge in [-0.2, -0.15) is 0 Å². The zero-order valence-electron chi connectivity index (χ0n) is 10.5. The van der Waals surface area contributed by atoms with E-state index in [0.717, 1.165) is 37.4 Å². The Bertz CT molecular complexity index is 397. The van der Waals surface area contributed by atoms with Gasteiger partial charge in [-0.15, -0.1) is 0 Å². The molecule has 0 aromatic carbocycles. The fourth-order valence-corrected chi connectivity index (χ4v) is 2.32. The largest absolute Gasteiger partial charge is 0.355 e. The third-order valence-corrected chi connectivity index (χ3v) is 3.37. The second-order valence-electron chi connectivity index (χ2n) is 4.60. The summed E-state index contributed by atoms with van der Waals surface area (Å²) in [6.07, 6.45) is 6.12. The summed E-state index contributed by atoms with van der Waals surface area (Å²) in [5.41, 5.74) is 0.939. The molecule has 0 spiro atoms. The predicted octanol–water partition coefficient (Wildman–Crippen LogP) is 1.98. The first-order valence-electron chi connectivity index (χ1n) is 6.27. The van der Waals surface area contributed by atoms with Crippen LogP contribution in [-0.4, -0.2) is 28.8 Å². The highest BCUT2D eigenvalue weighted by molar-refractivity contribution is 5.80. The molecular formula is C13H19N3O. The van der Waals surface area contributed by atoms with Crippen molar-refractivity contribution in [3.05, 3.63) is 18.1 Å². The van der Waals surface area contributed by atoms with E-state index in [-0.39, 0.29) is 5.92 Å². The molecule has 4 heteroatoms. The Morgan fingerprint density at radius 3 is 2.71 bits per heavy atom. The van der Waals surface area contributed by atoms with E-state index in [1.165, 1.54) is 0 Å². The number of carbonyl (C=O) groups is 1. The van der Waals surface area contributed by atoms with Crippen LogP contribution in [0.2, 0.25) is 0 Å². The molecule has 0 amide bonds. The van der Waals surface area contributed by atoms with Gasteiger partial charge in [0, 0.05) is 31.6 Å². The maximum Gasteiger partial charge on any atom is 0.147 e. The molecule has 1 aromatic heterocycles. The van der Waals surface area contributed by atoms with Crippen LogP contribution in [0, 0.1) is 12.8 Å². The topological polar surface area (TPSA) is 46.1 Å². The van der Waals surface area contributed by atoms with Crippen LogP contribution in [0.25, 0.3) is 0 Å². The van der Waals surface area contributed by atoms with Gasteiger partial charge < -0.3 is 4.90 Å². The lowest BCUT2D eigenvalue weighted by Gasteiger charge is -2.31. The Balaban J connectivity index is 1.97. The first-order valence-corrected chi connectivity index (χ1v) is 6.27. The van der Waals surface area contributed by atoms with Gasteiger partial charge in [-0.05, 0) is 19.8 Å². The molecule has 0 unspecified atom stereocenters. The van der Waals surface area contributed by atoms with E-state index in [4.69, 9.17) is 0 Å². The molecule has 4 nitrogen and oxygen atoms in total. The van der Waals surface area contributed by atoms with Crippen molar-refractivity contribution in [1.29, 1.82) is 0 Å². The van der Waals surface area contributed by atoms with Gasteiger partial charge in [0.2, 0.25) is 0 Å². The number of aromatic nitrogens is 2. The van der Waals surface area contributed by atoms with Gasteiger partial charge >= 0.3 is 0 Å². The number of hydrogen-bond acceptors (Lipinski definition) is 4. The monoisotopic (exact) mass is 233 g/mol. The highest BCUT2D eigenvalue weighted by Gasteiger charge is 2.24. The van der Waals surface area contributed by atoms with Crippen molar-refractivity contribution in [3.63, 3.8) is 0 Å². The summed E-state index contributed by atoms with van der Waals surface area (Å²) in [5.74, 6) is 1.60. The fourth-order valence-electron chi connectivity index (χ4n) is 2.32. The Morgan fingerprint density at radius 2 is 2.12 bits per heavy atom. The van der Waals surface area contributed by atoms with Crippen molar-refractivity contribution in [2.45, 2.75) is 33.1 Å². The molecule has 0 aliphatic carbocycles. The third kappa shape index (κ3) is 2.81. The van der Waals surface area contributed by atoms with Crippen LogP contribution in [0.5, 0.6) is 0 Å². The summed E-state index contributed by atoms with van der Waals surface area (Å²) < 4.78 is 0. The van der Waals surface area contributed by atoms with Crippen LogP contribution in [-0.2, 0) is 4.79 Å². The molecular weight excluding hydrogens is 214 g/mol. The lowest BCUT2D eigenvalue weighted by atomic mass is 9.91. The molecule has 2 rings (SSSR count). The first kappa shape index (κ1) is 12.0. The summed E-state index contributed by atoms with van der Waals surface area (Å²) in [6.45, 7) is 5.72. The van der Waals surface area contributed by atoms with E-state index in [9.17, 15) is 4.79 Å². The zero-order valence-corrected chi connectivity index (χ0v) is 10.5. The van der Waals surface area contributed by atoms with E-state index in [0.29, 0.717) is 12.2 Å². The highest BCUT2D eigenvalue weighted by Crippen LogP contribution is 2.22. The summed E-state index contributed by atoms with van der Waals surface area (Å²) in [7, 11) is 0. The summed E-state index contributed by atoms with van der Waals surface area (Å²) in [4.78, 5) is 22.5. The second-order valence-corrected chi connectivity index (χ2v) is 4.60. The van der Waals surface area contributed by atoms with Gasteiger partial charge in [0.1, 0.15) is 11.6 Å². The van der Waals surface area contributed by atoms with Gasteiger partial charge in [0.05, 0.1) is 11.9 Å². The quantitative estimate of drug-likeness (QED) is 0.801. The SMILES string of the molecule is CCC(=O)C1CCN(c2cncc(C)n2)CC1. The average Bonchev–Trinajstić information content (AvgIpc) is 2.38. The van der Waals surface area contributed by atoms with Crippen molar-refractivity contribution >= 4 is 11.6 Å². The molecule has 0 N–H and O–H groups in total. The summed E-state index contributed by atoms with van der Waals surface area (Å²) in [5, 5.41) is 0. The number of carbonyl (C=O) groups excluding carboxylic acids is 1. The predicted molar refractivity (Wildman–Crippen MR) is 67.0 cm³/mol. The smallest absolute Gasteiger partial charge is 0.147 e. The molecule has 0 bridgehead atoms. The standard InChI is InChI=1S/C13H19N3O/c1-3-12(17)11-4-6-16(7-5-11)13-9-14-8-10(2)15-13/h8-9,11H,3-7H2,1-2H3. The Kier molecular flexibility index (Phi) is 3.71. The fraction of sp³-hybridized carbons (Fsp3) is 0.615. The normalized spacial score (nSPS) is 17.2. The van der Waals surface area contributed by atoms with Crippen molar-refractivity contribution in [2.75, 3.05) is 18.0 Å². The van der Waals surface area contributed by atoms with Gasteiger partial charge in [-0.3, -0.25) is 9.78 Å². The number of rotatable bonds is 3. The molecule has 1 aromatic rings. The average molecular weight is 233 g/mol. The van der Waals surface area contributed by atoms with E-state index in [1.54, 1.807) is 12.4 Å². The van der Waals surface area contributed by atoms with E-state index in [1.807, 2.05) is 13.8 Å². The number of Topliss-reactive ketones (excluding diaryl/α,β-unsaturated/α-hetero) is 1. The number of nitrogens with zero attached hydrogens (tertiary/aromatic N) is 3. The van der Waals surface area contributed by atoms with Crippen molar-refractivity contribution < 1.29 is 4.79 Å². The highest BCUT2D eigenvalue weighted by atomic mass is 16.1. The number of piperidine rings is 1. The molecule has 1 fully saturated rings. The molecule has 0 radical (unpaired) electrons. The van der Waals surface area contributed by atoms with Crippen LogP contribution < -0.4 is 4.90 Å². The molecule has 1 saturated heterocycles. The second kappa shape index (κ2) is 5.25. The lowest BCUT2D eigenvalue weighted by molar-refractivity contribution is -0.123. The van der Waals surface area contributed by atoms with Crippen molar-refractivity contribution in [2.24, 2.45) is 5.92 Å². The van der Waals surface area contributed by atoms with E-state index in [2.05, 4.69) is 14.9 Å². The molecule has 0 saturated carbocycles. The van der Waals surface area contributed by atoms with Crippen molar-refractivity contribution in [3.8, 4) is 0 Å². The maximum absolute atomic E-state index is 11.6. The summed E-state index contributed by atoms with van der Waals surface area (Å²) >= 11 is 0. The van der Waals surface area contributed by atoms with Gasteiger partial charge in [0.15, 0.2) is 0 Å². The van der Waals surface area contributed by atoms with E-state index >= 15 is 0 Å². The van der Waals surface area contributed by atoms with Gasteiger partial charge in [-0.25, -0.2) is 4.98 Å². The number of aryl methyl sites for hydroxylation is 1. The Labute approximate surface area is 102 Å². The molecule has 17 heavy (non-hydrogen) atoms. The van der Waals surface area contributed by atoms with Gasteiger partial charge in [-0.1, -0.05) is 6.92 Å². The van der Waals surface area contributed by atoms with Crippen LogP contribution in [0.3, 0.4) is 0 Å². The molecule has 2 heterocycles. The van der Waals surface area contributed by atoms with E-state index < -0.39 is 0 Å². The molecule has 1 aliphatic rings. The Hall–Kier alpha value is -1.45. The summed E-state index contributed by atoms with van der Waals surface area (Å²) in [6, 6.07) is 0. The first-order chi connectivity index (χ1) is 8.20. The molecule has 92 valence electrons. The number of ketones is 1. The van der Waals surface area contributed by atoms with Crippen LogP contribution >= 0.6 is 0 Å². The van der Waals surface area contributed by atoms with Crippen molar-refractivity contribution in [1.82, 2.24) is 9.97 Å². The van der Waals surface area contributed by atoms with Crippen LogP contribution in [0.15, 0.2) is 12.4 Å². The third-order valence-electron chi connectivity index (χ3n) is 3.37. The number of hydrogen-bond donors (Lipinski definition) is 0. The minimum atomic E-state index is 0.258. The zero-order chi connectivity index (χ0) is 12.3. The number of anilines is 1. The Morgan fingerprint density at radius 1 is 1.41 bits per heavy atom.